The number of nitrogens with zero attached hydrogens (tertiary/aromatic N) is 1. The highest BCUT2D eigenvalue weighted by Crippen LogP contribution is 2.13. The summed E-state index contributed by atoms with van der Waals surface area (Å²) >= 11 is 0. The Kier molecular flexibility index (Phi) is 3.97. The van der Waals surface area contributed by atoms with Gasteiger partial charge in [0.25, 0.3) is 0 Å². The molecule has 1 fully saturated rings. The number of rotatable bonds is 4. The Morgan fingerprint density at radius 2 is 2.19 bits per heavy atom. The normalized spacial score (nSPS) is 20.6. The standard InChI is InChI=1S/C14H22N2/c1-12-5-3-4-6-14(12)11-16(2)10-13-7-8-15-9-13/h3-6,13,15H,7-11H2,1-2H3. The van der Waals surface area contributed by atoms with Gasteiger partial charge in [-0.1, -0.05) is 24.3 Å². The fourth-order valence-corrected chi connectivity index (χ4v) is 2.45. The van der Waals surface area contributed by atoms with Crippen LogP contribution in [0.5, 0.6) is 0 Å². The Bertz CT molecular complexity index is 329. The zero-order valence-electron chi connectivity index (χ0n) is 10.4. The van der Waals surface area contributed by atoms with Crippen LogP contribution in [0.1, 0.15) is 17.5 Å². The summed E-state index contributed by atoms with van der Waals surface area (Å²) in [5.74, 6) is 0.842. The van der Waals surface area contributed by atoms with Crippen molar-refractivity contribution in [3.63, 3.8) is 0 Å². The van der Waals surface area contributed by atoms with E-state index in [0.29, 0.717) is 0 Å². The lowest BCUT2D eigenvalue weighted by atomic mass is 10.1. The molecule has 0 amide bonds. The second-order valence-corrected chi connectivity index (χ2v) is 4.98. The van der Waals surface area contributed by atoms with Crippen LogP contribution in [0.25, 0.3) is 0 Å². The molecular weight excluding hydrogens is 196 g/mol. The lowest BCUT2D eigenvalue weighted by Crippen LogP contribution is -2.26. The van der Waals surface area contributed by atoms with Crippen LogP contribution in [0.3, 0.4) is 0 Å². The molecule has 0 radical (unpaired) electrons. The molecule has 2 nitrogen and oxygen atoms in total. The summed E-state index contributed by atoms with van der Waals surface area (Å²) in [6, 6.07) is 8.67. The van der Waals surface area contributed by atoms with Crippen LogP contribution in [0.2, 0.25) is 0 Å². The first kappa shape index (κ1) is 11.6. The number of nitrogens with one attached hydrogen (secondary N) is 1. The first-order valence-electron chi connectivity index (χ1n) is 6.19. The molecule has 1 N–H and O–H groups in total. The molecule has 2 heteroatoms. The molecule has 0 saturated carbocycles. The van der Waals surface area contributed by atoms with E-state index in [2.05, 4.69) is 48.5 Å². The molecule has 1 atom stereocenters. The summed E-state index contributed by atoms with van der Waals surface area (Å²) in [6.45, 7) is 6.87. The topological polar surface area (TPSA) is 15.3 Å². The second-order valence-electron chi connectivity index (χ2n) is 4.98. The monoisotopic (exact) mass is 218 g/mol. The van der Waals surface area contributed by atoms with E-state index >= 15 is 0 Å². The van der Waals surface area contributed by atoms with Gasteiger partial charge in [0.2, 0.25) is 0 Å². The van der Waals surface area contributed by atoms with E-state index in [-0.39, 0.29) is 0 Å². The van der Waals surface area contributed by atoms with Gasteiger partial charge in [-0.05, 0) is 50.5 Å². The van der Waals surface area contributed by atoms with Gasteiger partial charge >= 0.3 is 0 Å². The summed E-state index contributed by atoms with van der Waals surface area (Å²) < 4.78 is 0. The van der Waals surface area contributed by atoms with Crippen molar-refractivity contribution >= 4 is 0 Å². The van der Waals surface area contributed by atoms with E-state index in [9.17, 15) is 0 Å². The van der Waals surface area contributed by atoms with E-state index in [1.807, 2.05) is 0 Å². The van der Waals surface area contributed by atoms with Gasteiger partial charge in [-0.15, -0.1) is 0 Å². The molecule has 0 bridgehead atoms. The largest absolute Gasteiger partial charge is 0.316 e. The minimum absolute atomic E-state index is 0.842. The maximum atomic E-state index is 3.43. The van der Waals surface area contributed by atoms with Crippen molar-refractivity contribution in [3.8, 4) is 0 Å². The molecule has 1 aromatic rings. The van der Waals surface area contributed by atoms with Crippen LogP contribution in [0.4, 0.5) is 0 Å². The molecule has 0 aliphatic carbocycles. The van der Waals surface area contributed by atoms with E-state index in [1.165, 1.54) is 37.2 Å². The van der Waals surface area contributed by atoms with Crippen molar-refractivity contribution in [2.24, 2.45) is 5.92 Å². The molecule has 1 unspecified atom stereocenters. The summed E-state index contributed by atoms with van der Waals surface area (Å²) in [7, 11) is 2.23. The first-order chi connectivity index (χ1) is 7.75. The van der Waals surface area contributed by atoms with Gasteiger partial charge in [-0.2, -0.15) is 0 Å². The van der Waals surface area contributed by atoms with Gasteiger partial charge in [0.15, 0.2) is 0 Å². The Balaban J connectivity index is 1.86. The van der Waals surface area contributed by atoms with Crippen LogP contribution in [0.15, 0.2) is 24.3 Å². The van der Waals surface area contributed by atoms with Crippen molar-refractivity contribution < 1.29 is 0 Å². The molecular formula is C14H22N2. The molecule has 1 aromatic carbocycles. The highest BCUT2D eigenvalue weighted by molar-refractivity contribution is 5.25. The maximum Gasteiger partial charge on any atom is 0.0233 e. The smallest absolute Gasteiger partial charge is 0.0233 e. The van der Waals surface area contributed by atoms with Crippen molar-refractivity contribution in [3.05, 3.63) is 35.4 Å². The third kappa shape index (κ3) is 3.06. The van der Waals surface area contributed by atoms with E-state index in [0.717, 1.165) is 12.5 Å². The highest BCUT2D eigenvalue weighted by Gasteiger charge is 2.16. The maximum absolute atomic E-state index is 3.43. The van der Waals surface area contributed by atoms with Gasteiger partial charge in [0, 0.05) is 13.1 Å². The quantitative estimate of drug-likeness (QED) is 0.832. The Morgan fingerprint density at radius 3 is 2.88 bits per heavy atom. The molecule has 1 heterocycles. The third-order valence-electron chi connectivity index (χ3n) is 3.43. The Morgan fingerprint density at radius 1 is 1.38 bits per heavy atom. The lowest BCUT2D eigenvalue weighted by Gasteiger charge is -2.21. The van der Waals surface area contributed by atoms with Crippen molar-refractivity contribution in [2.75, 3.05) is 26.7 Å². The van der Waals surface area contributed by atoms with Crippen molar-refractivity contribution in [1.82, 2.24) is 10.2 Å². The number of aryl methyl sites for hydroxylation is 1. The van der Waals surface area contributed by atoms with Crippen LogP contribution >= 0.6 is 0 Å². The molecule has 1 aliphatic heterocycles. The zero-order chi connectivity index (χ0) is 11.4. The van der Waals surface area contributed by atoms with Gasteiger partial charge in [-0.3, -0.25) is 0 Å². The minimum atomic E-state index is 0.842. The zero-order valence-corrected chi connectivity index (χ0v) is 10.4. The molecule has 88 valence electrons. The van der Waals surface area contributed by atoms with Gasteiger partial charge in [0.05, 0.1) is 0 Å². The van der Waals surface area contributed by atoms with E-state index in [4.69, 9.17) is 0 Å². The van der Waals surface area contributed by atoms with Crippen LogP contribution < -0.4 is 5.32 Å². The average molecular weight is 218 g/mol. The fraction of sp³-hybridized carbons (Fsp3) is 0.571. The average Bonchev–Trinajstić information content (AvgIpc) is 2.74. The van der Waals surface area contributed by atoms with E-state index in [1.54, 1.807) is 0 Å². The number of benzene rings is 1. The summed E-state index contributed by atoms with van der Waals surface area (Å²) in [4.78, 5) is 2.44. The van der Waals surface area contributed by atoms with Crippen LogP contribution in [-0.2, 0) is 6.54 Å². The molecule has 0 aromatic heterocycles. The number of hydrogen-bond acceptors (Lipinski definition) is 2. The van der Waals surface area contributed by atoms with Gasteiger partial charge in [-0.25, -0.2) is 0 Å². The number of hydrogen-bond donors (Lipinski definition) is 1. The fourth-order valence-electron chi connectivity index (χ4n) is 2.45. The molecule has 1 aliphatic rings. The predicted octanol–water partition coefficient (Wildman–Crippen LogP) is 2.04. The lowest BCUT2D eigenvalue weighted by molar-refractivity contribution is 0.278. The van der Waals surface area contributed by atoms with Crippen LogP contribution in [-0.4, -0.2) is 31.6 Å². The molecule has 1 saturated heterocycles. The predicted molar refractivity (Wildman–Crippen MR) is 68.5 cm³/mol. The van der Waals surface area contributed by atoms with E-state index < -0.39 is 0 Å². The highest BCUT2D eigenvalue weighted by atomic mass is 15.1. The summed E-state index contributed by atoms with van der Waals surface area (Å²) in [6.07, 6.45) is 1.33. The SMILES string of the molecule is Cc1ccccc1CN(C)CC1CCNC1. The molecule has 16 heavy (non-hydrogen) atoms. The van der Waals surface area contributed by atoms with Gasteiger partial charge in [0.1, 0.15) is 0 Å². The van der Waals surface area contributed by atoms with Crippen molar-refractivity contribution in [1.29, 1.82) is 0 Å². The van der Waals surface area contributed by atoms with Crippen molar-refractivity contribution in [2.45, 2.75) is 19.9 Å². The Labute approximate surface area is 98.7 Å². The molecule has 0 spiro atoms. The minimum Gasteiger partial charge on any atom is -0.316 e. The third-order valence-corrected chi connectivity index (χ3v) is 3.43. The summed E-state index contributed by atoms with van der Waals surface area (Å²) in [5, 5.41) is 3.43. The first-order valence-corrected chi connectivity index (χ1v) is 6.19. The second kappa shape index (κ2) is 5.46. The Hall–Kier alpha value is -0.860. The summed E-state index contributed by atoms with van der Waals surface area (Å²) in [5.41, 5.74) is 2.86. The van der Waals surface area contributed by atoms with Gasteiger partial charge < -0.3 is 10.2 Å². The molecule has 2 rings (SSSR count). The van der Waals surface area contributed by atoms with Crippen LogP contribution in [0, 0.1) is 12.8 Å².